The van der Waals surface area contributed by atoms with Gasteiger partial charge in [0.2, 0.25) is 0 Å². The Bertz CT molecular complexity index is 156. The van der Waals surface area contributed by atoms with Crippen LogP contribution >= 0.6 is 0 Å². The van der Waals surface area contributed by atoms with Crippen LogP contribution in [0.5, 0.6) is 0 Å². The number of hydrogen-bond acceptors (Lipinski definition) is 2. The summed E-state index contributed by atoms with van der Waals surface area (Å²) >= 11 is 0. The maximum absolute atomic E-state index is 10.6. The molecule has 0 spiro atoms. The van der Waals surface area contributed by atoms with Crippen molar-refractivity contribution in [1.29, 1.82) is 0 Å². The van der Waals surface area contributed by atoms with E-state index in [0.717, 1.165) is 6.42 Å². The van der Waals surface area contributed by atoms with Gasteiger partial charge in [0, 0.05) is 6.04 Å². The predicted octanol–water partition coefficient (Wildman–Crippen LogP) is 2.40. The first-order valence-electron chi connectivity index (χ1n) is 5.70. The Kier molecular flexibility index (Phi) is 5.10. The molecule has 0 aliphatic rings. The van der Waals surface area contributed by atoms with Crippen molar-refractivity contribution in [3.05, 3.63) is 0 Å². The molecule has 0 fully saturated rings. The molecule has 0 heterocycles. The molecule has 0 aliphatic heterocycles. The van der Waals surface area contributed by atoms with E-state index in [2.05, 4.69) is 13.8 Å². The van der Waals surface area contributed by atoms with Gasteiger partial charge in [0.1, 0.15) is 0 Å². The smallest absolute Gasteiger partial charge is 0.0843 e. The molecule has 0 aromatic heterocycles. The van der Waals surface area contributed by atoms with Gasteiger partial charge in [-0.2, -0.15) is 0 Å². The lowest BCUT2D eigenvalue weighted by molar-refractivity contribution is -0.0721. The van der Waals surface area contributed by atoms with Crippen molar-refractivity contribution in [3.8, 4) is 0 Å². The Morgan fingerprint density at radius 3 is 1.57 bits per heavy atom. The van der Waals surface area contributed by atoms with E-state index in [0.29, 0.717) is 5.92 Å². The van der Waals surface area contributed by atoms with Crippen LogP contribution in [-0.4, -0.2) is 16.7 Å². The highest BCUT2D eigenvalue weighted by Gasteiger charge is 2.40. The fourth-order valence-electron chi connectivity index (χ4n) is 2.22. The average Bonchev–Trinajstić information content (AvgIpc) is 2.00. The summed E-state index contributed by atoms with van der Waals surface area (Å²) in [5.74, 6) is 0.946. The summed E-state index contributed by atoms with van der Waals surface area (Å²) in [5, 5.41) is 10.6. The van der Waals surface area contributed by atoms with E-state index in [-0.39, 0.29) is 17.9 Å². The minimum Gasteiger partial charge on any atom is -0.388 e. The molecule has 1 unspecified atom stereocenters. The van der Waals surface area contributed by atoms with E-state index >= 15 is 0 Å². The third-order valence-corrected chi connectivity index (χ3v) is 3.17. The lowest BCUT2D eigenvalue weighted by Gasteiger charge is -2.41. The topological polar surface area (TPSA) is 46.2 Å². The molecule has 86 valence electrons. The Morgan fingerprint density at radius 2 is 1.36 bits per heavy atom. The molecule has 0 amide bonds. The summed E-state index contributed by atoms with van der Waals surface area (Å²) in [6, 6.07) is -0.123. The third-order valence-electron chi connectivity index (χ3n) is 3.17. The number of rotatable bonds is 5. The van der Waals surface area contributed by atoms with E-state index < -0.39 is 5.60 Å². The molecule has 0 aliphatic carbocycles. The highest BCUT2D eigenvalue weighted by Crippen LogP contribution is 2.31. The van der Waals surface area contributed by atoms with Crippen molar-refractivity contribution >= 4 is 0 Å². The summed E-state index contributed by atoms with van der Waals surface area (Å²) in [4.78, 5) is 0. The second kappa shape index (κ2) is 5.13. The minimum absolute atomic E-state index is 0.123. The number of aliphatic hydroxyl groups is 1. The van der Waals surface area contributed by atoms with Crippen LogP contribution in [0, 0.1) is 17.8 Å². The van der Waals surface area contributed by atoms with Crippen LogP contribution in [0.2, 0.25) is 0 Å². The van der Waals surface area contributed by atoms with E-state index in [4.69, 9.17) is 5.73 Å². The monoisotopic (exact) mass is 201 g/mol. The van der Waals surface area contributed by atoms with E-state index in [1.807, 2.05) is 27.7 Å². The van der Waals surface area contributed by atoms with Crippen molar-refractivity contribution in [2.24, 2.45) is 23.5 Å². The first-order valence-corrected chi connectivity index (χ1v) is 5.70. The first kappa shape index (κ1) is 13.9. The molecule has 0 radical (unpaired) electrons. The Balaban J connectivity index is 4.65. The van der Waals surface area contributed by atoms with Crippen LogP contribution < -0.4 is 5.73 Å². The number of hydrogen-bond donors (Lipinski definition) is 2. The van der Waals surface area contributed by atoms with E-state index in [1.165, 1.54) is 0 Å². The molecule has 0 saturated heterocycles. The molecule has 0 aromatic rings. The summed E-state index contributed by atoms with van der Waals surface area (Å²) in [7, 11) is 0. The highest BCUT2D eigenvalue weighted by atomic mass is 16.3. The van der Waals surface area contributed by atoms with Crippen LogP contribution in [0.3, 0.4) is 0 Å². The van der Waals surface area contributed by atoms with Gasteiger partial charge < -0.3 is 10.8 Å². The molecular weight excluding hydrogens is 174 g/mol. The van der Waals surface area contributed by atoms with Crippen molar-refractivity contribution in [2.75, 3.05) is 0 Å². The second-order valence-electron chi connectivity index (χ2n) is 5.43. The lowest BCUT2D eigenvalue weighted by Crippen LogP contribution is -2.56. The van der Waals surface area contributed by atoms with Gasteiger partial charge in [-0.3, -0.25) is 0 Å². The quantitative estimate of drug-likeness (QED) is 0.717. The standard InChI is InChI=1S/C12H27NO/c1-8(2)7-11(13)12(14,9(3)4)10(5)6/h8-11,14H,7,13H2,1-6H3. The fraction of sp³-hybridized carbons (Fsp3) is 1.00. The molecule has 2 heteroatoms. The Hall–Kier alpha value is -0.0800. The number of nitrogens with two attached hydrogens (primary N) is 1. The molecule has 0 rings (SSSR count). The second-order valence-corrected chi connectivity index (χ2v) is 5.43. The van der Waals surface area contributed by atoms with E-state index in [9.17, 15) is 5.11 Å². The summed E-state index contributed by atoms with van der Waals surface area (Å²) < 4.78 is 0. The van der Waals surface area contributed by atoms with Crippen molar-refractivity contribution in [3.63, 3.8) is 0 Å². The molecule has 0 bridgehead atoms. The van der Waals surface area contributed by atoms with Gasteiger partial charge in [-0.05, 0) is 24.2 Å². The molecule has 0 saturated carbocycles. The Labute approximate surface area is 88.9 Å². The zero-order chi connectivity index (χ0) is 11.5. The summed E-state index contributed by atoms with van der Waals surface area (Å²) in [5.41, 5.74) is 5.37. The molecule has 3 N–H and O–H groups in total. The molecule has 1 atom stereocenters. The summed E-state index contributed by atoms with van der Waals surface area (Å²) in [6.45, 7) is 12.4. The normalized spacial score (nSPS) is 15.6. The van der Waals surface area contributed by atoms with E-state index in [1.54, 1.807) is 0 Å². The van der Waals surface area contributed by atoms with Gasteiger partial charge in [-0.15, -0.1) is 0 Å². The molecule has 2 nitrogen and oxygen atoms in total. The molecule has 14 heavy (non-hydrogen) atoms. The minimum atomic E-state index is -0.732. The maximum atomic E-state index is 10.6. The largest absolute Gasteiger partial charge is 0.388 e. The first-order chi connectivity index (χ1) is 6.22. The van der Waals surface area contributed by atoms with Gasteiger partial charge in [-0.25, -0.2) is 0 Å². The van der Waals surface area contributed by atoms with Crippen LogP contribution in [0.4, 0.5) is 0 Å². The summed E-state index contributed by atoms with van der Waals surface area (Å²) in [6.07, 6.45) is 0.882. The van der Waals surface area contributed by atoms with Crippen LogP contribution in [0.15, 0.2) is 0 Å². The van der Waals surface area contributed by atoms with Crippen molar-refractivity contribution in [2.45, 2.75) is 59.6 Å². The van der Waals surface area contributed by atoms with Crippen molar-refractivity contribution in [1.82, 2.24) is 0 Å². The maximum Gasteiger partial charge on any atom is 0.0843 e. The van der Waals surface area contributed by atoms with Gasteiger partial charge in [0.05, 0.1) is 5.60 Å². The third kappa shape index (κ3) is 2.96. The lowest BCUT2D eigenvalue weighted by atomic mass is 9.73. The SMILES string of the molecule is CC(C)CC(N)C(O)(C(C)C)C(C)C. The van der Waals surface area contributed by atoms with Crippen LogP contribution in [0.25, 0.3) is 0 Å². The van der Waals surface area contributed by atoms with Gasteiger partial charge in [0.15, 0.2) is 0 Å². The fourth-order valence-corrected chi connectivity index (χ4v) is 2.22. The van der Waals surface area contributed by atoms with Gasteiger partial charge >= 0.3 is 0 Å². The zero-order valence-corrected chi connectivity index (χ0v) is 10.5. The zero-order valence-electron chi connectivity index (χ0n) is 10.5. The van der Waals surface area contributed by atoms with Crippen LogP contribution in [-0.2, 0) is 0 Å². The predicted molar refractivity (Wildman–Crippen MR) is 62.1 cm³/mol. The van der Waals surface area contributed by atoms with Crippen LogP contribution in [0.1, 0.15) is 48.0 Å². The molecular formula is C12H27NO. The van der Waals surface area contributed by atoms with Gasteiger partial charge in [0.25, 0.3) is 0 Å². The highest BCUT2D eigenvalue weighted by molar-refractivity contribution is 4.94. The van der Waals surface area contributed by atoms with Gasteiger partial charge in [-0.1, -0.05) is 41.5 Å². The molecule has 0 aromatic carbocycles. The Morgan fingerprint density at radius 1 is 1.00 bits per heavy atom. The average molecular weight is 201 g/mol. The van der Waals surface area contributed by atoms with Crippen molar-refractivity contribution < 1.29 is 5.11 Å².